The Labute approximate surface area is 129 Å². The summed E-state index contributed by atoms with van der Waals surface area (Å²) in [4.78, 5) is 0. The van der Waals surface area contributed by atoms with Crippen LogP contribution in [0.1, 0.15) is 33.9 Å². The van der Waals surface area contributed by atoms with E-state index < -0.39 is 0 Å². The van der Waals surface area contributed by atoms with E-state index in [9.17, 15) is 0 Å². The molecule has 1 atom stereocenters. The van der Waals surface area contributed by atoms with Crippen LogP contribution in [0.4, 0.5) is 0 Å². The Hall–Kier alpha value is -0.870. The van der Waals surface area contributed by atoms with Gasteiger partial charge in [-0.15, -0.1) is 0 Å². The quantitative estimate of drug-likeness (QED) is 0.799. The average molecular weight is 365 g/mol. The minimum absolute atomic E-state index is 0.0657. The molecule has 2 rings (SSSR count). The molecular weight excluding hydrogens is 345 g/mol. The molecule has 0 spiro atoms. The van der Waals surface area contributed by atoms with Crippen molar-refractivity contribution in [2.75, 3.05) is 0 Å². The molecule has 0 fully saturated rings. The first kappa shape index (κ1) is 14.5. The molecule has 0 amide bonds. The van der Waals surface area contributed by atoms with Crippen LogP contribution in [0, 0.1) is 24.3 Å². The molecule has 0 bridgehead atoms. The molecule has 2 heteroatoms. The number of hydrogen-bond donors (Lipinski definition) is 1. The van der Waals surface area contributed by atoms with Crippen molar-refractivity contribution in [3.8, 4) is 0 Å². The van der Waals surface area contributed by atoms with E-state index in [0.717, 1.165) is 6.42 Å². The summed E-state index contributed by atoms with van der Waals surface area (Å²) >= 11 is 2.37. The molecule has 2 aromatic carbocycles. The Kier molecular flexibility index (Phi) is 4.63. The zero-order valence-corrected chi connectivity index (χ0v) is 13.9. The zero-order chi connectivity index (χ0) is 14.0. The Morgan fingerprint density at radius 2 is 1.68 bits per heavy atom. The van der Waals surface area contributed by atoms with E-state index in [1.807, 2.05) is 0 Å². The first-order valence-electron chi connectivity index (χ1n) is 6.55. The van der Waals surface area contributed by atoms with Crippen LogP contribution in [0.25, 0.3) is 0 Å². The first-order chi connectivity index (χ1) is 8.97. The normalized spacial score (nSPS) is 12.5. The monoisotopic (exact) mass is 365 g/mol. The van der Waals surface area contributed by atoms with Gasteiger partial charge in [0, 0.05) is 9.61 Å². The van der Waals surface area contributed by atoms with Gasteiger partial charge in [-0.2, -0.15) is 0 Å². The van der Waals surface area contributed by atoms with Gasteiger partial charge >= 0.3 is 0 Å². The SMILES string of the molecule is Cc1cc(C)cc(CC(N)c2cccc(I)c2C)c1. The van der Waals surface area contributed by atoms with Crippen LogP contribution in [0.15, 0.2) is 36.4 Å². The molecule has 0 aliphatic carbocycles. The average Bonchev–Trinajstić information content (AvgIpc) is 2.31. The van der Waals surface area contributed by atoms with Gasteiger partial charge in [0.05, 0.1) is 0 Å². The van der Waals surface area contributed by atoms with Gasteiger partial charge in [0.2, 0.25) is 0 Å². The second-order valence-electron chi connectivity index (χ2n) is 5.26. The van der Waals surface area contributed by atoms with Crippen molar-refractivity contribution >= 4 is 22.6 Å². The molecule has 0 aromatic heterocycles. The highest BCUT2D eigenvalue weighted by molar-refractivity contribution is 14.1. The van der Waals surface area contributed by atoms with Crippen molar-refractivity contribution in [2.45, 2.75) is 33.2 Å². The highest BCUT2D eigenvalue weighted by Gasteiger charge is 2.11. The van der Waals surface area contributed by atoms with Crippen LogP contribution < -0.4 is 5.73 Å². The molecule has 0 saturated carbocycles. The summed E-state index contributed by atoms with van der Waals surface area (Å²) < 4.78 is 1.28. The largest absolute Gasteiger partial charge is 0.324 e. The van der Waals surface area contributed by atoms with Crippen LogP contribution in [-0.2, 0) is 6.42 Å². The Morgan fingerprint density at radius 3 is 2.32 bits per heavy atom. The highest BCUT2D eigenvalue weighted by Crippen LogP contribution is 2.24. The fourth-order valence-electron chi connectivity index (χ4n) is 2.58. The lowest BCUT2D eigenvalue weighted by Gasteiger charge is -2.16. The number of hydrogen-bond acceptors (Lipinski definition) is 1. The fourth-order valence-corrected chi connectivity index (χ4v) is 3.10. The van der Waals surface area contributed by atoms with Crippen LogP contribution >= 0.6 is 22.6 Å². The van der Waals surface area contributed by atoms with Crippen molar-refractivity contribution in [2.24, 2.45) is 5.73 Å². The predicted octanol–water partition coefficient (Wildman–Crippen LogP) is 4.46. The summed E-state index contributed by atoms with van der Waals surface area (Å²) in [5.74, 6) is 0. The summed E-state index contributed by atoms with van der Waals surface area (Å²) in [5, 5.41) is 0. The summed E-state index contributed by atoms with van der Waals surface area (Å²) in [6.45, 7) is 6.43. The molecule has 1 unspecified atom stereocenters. The number of benzene rings is 2. The van der Waals surface area contributed by atoms with Crippen molar-refractivity contribution < 1.29 is 0 Å². The first-order valence-corrected chi connectivity index (χ1v) is 7.63. The van der Waals surface area contributed by atoms with Crippen LogP contribution in [0.3, 0.4) is 0 Å². The second-order valence-corrected chi connectivity index (χ2v) is 6.42. The molecule has 2 N–H and O–H groups in total. The van der Waals surface area contributed by atoms with Gasteiger partial charge in [0.15, 0.2) is 0 Å². The van der Waals surface area contributed by atoms with Crippen molar-refractivity contribution in [3.63, 3.8) is 0 Å². The Balaban J connectivity index is 2.25. The Bertz CT molecular complexity index is 570. The van der Waals surface area contributed by atoms with E-state index in [0.29, 0.717) is 0 Å². The third kappa shape index (κ3) is 3.57. The molecule has 0 saturated heterocycles. The lowest BCUT2D eigenvalue weighted by Crippen LogP contribution is -2.15. The fraction of sp³-hybridized carbons (Fsp3) is 0.294. The van der Waals surface area contributed by atoms with E-state index in [1.54, 1.807) is 0 Å². The van der Waals surface area contributed by atoms with Gasteiger partial charge in [0.1, 0.15) is 0 Å². The molecule has 0 aliphatic rings. The molecule has 1 nitrogen and oxygen atoms in total. The maximum atomic E-state index is 6.39. The summed E-state index contributed by atoms with van der Waals surface area (Å²) in [7, 11) is 0. The predicted molar refractivity (Wildman–Crippen MR) is 90.4 cm³/mol. The molecule has 0 aliphatic heterocycles. The lowest BCUT2D eigenvalue weighted by atomic mass is 9.95. The maximum absolute atomic E-state index is 6.39. The van der Waals surface area contributed by atoms with Crippen LogP contribution in [0.5, 0.6) is 0 Å². The third-order valence-electron chi connectivity index (χ3n) is 3.45. The van der Waals surface area contributed by atoms with Crippen molar-refractivity contribution in [3.05, 3.63) is 67.8 Å². The smallest absolute Gasteiger partial charge is 0.0338 e. The highest BCUT2D eigenvalue weighted by atomic mass is 127. The Morgan fingerprint density at radius 1 is 1.05 bits per heavy atom. The summed E-state index contributed by atoms with van der Waals surface area (Å²) in [6, 6.07) is 13.1. The minimum Gasteiger partial charge on any atom is -0.324 e. The van der Waals surface area contributed by atoms with Crippen molar-refractivity contribution in [1.82, 2.24) is 0 Å². The molecule has 2 aromatic rings. The standard InChI is InChI=1S/C17H20IN/c1-11-7-12(2)9-14(8-11)10-17(19)15-5-4-6-16(18)13(15)3/h4-9,17H,10,19H2,1-3H3. The molecule has 0 radical (unpaired) electrons. The molecule has 0 heterocycles. The lowest BCUT2D eigenvalue weighted by molar-refractivity contribution is 0.715. The van der Waals surface area contributed by atoms with Gasteiger partial charge < -0.3 is 5.73 Å². The summed E-state index contributed by atoms with van der Waals surface area (Å²) in [5.41, 5.74) is 12.9. The summed E-state index contributed by atoms with van der Waals surface area (Å²) in [6.07, 6.45) is 0.892. The second kappa shape index (κ2) is 6.06. The van der Waals surface area contributed by atoms with Gasteiger partial charge in [-0.1, -0.05) is 41.5 Å². The zero-order valence-electron chi connectivity index (χ0n) is 11.7. The molecule has 19 heavy (non-hydrogen) atoms. The van der Waals surface area contributed by atoms with Gasteiger partial charge in [-0.3, -0.25) is 0 Å². The maximum Gasteiger partial charge on any atom is 0.0338 e. The van der Waals surface area contributed by atoms with Gasteiger partial charge in [-0.05, 0) is 72.5 Å². The number of rotatable bonds is 3. The van der Waals surface area contributed by atoms with Crippen LogP contribution in [-0.4, -0.2) is 0 Å². The number of halogens is 1. The van der Waals surface area contributed by atoms with E-state index in [4.69, 9.17) is 5.73 Å². The van der Waals surface area contributed by atoms with Crippen molar-refractivity contribution in [1.29, 1.82) is 0 Å². The van der Waals surface area contributed by atoms with E-state index >= 15 is 0 Å². The van der Waals surface area contributed by atoms with E-state index in [1.165, 1.54) is 31.4 Å². The topological polar surface area (TPSA) is 26.0 Å². The van der Waals surface area contributed by atoms with E-state index in [-0.39, 0.29) is 6.04 Å². The minimum atomic E-state index is 0.0657. The van der Waals surface area contributed by atoms with Gasteiger partial charge in [-0.25, -0.2) is 0 Å². The van der Waals surface area contributed by atoms with Gasteiger partial charge in [0.25, 0.3) is 0 Å². The third-order valence-corrected chi connectivity index (χ3v) is 4.61. The van der Waals surface area contributed by atoms with Crippen LogP contribution in [0.2, 0.25) is 0 Å². The molecular formula is C17H20IN. The number of nitrogens with two attached hydrogens (primary N) is 1. The van der Waals surface area contributed by atoms with E-state index in [2.05, 4.69) is 79.8 Å². The molecule has 100 valence electrons. The number of aryl methyl sites for hydroxylation is 2.